The SMILES string of the molecule is CN(Cc1ncc[nH]1)C(=O)c1csc(CN)n1. The van der Waals surface area contributed by atoms with E-state index in [2.05, 4.69) is 15.0 Å². The van der Waals surface area contributed by atoms with Crippen LogP contribution in [0, 0.1) is 0 Å². The highest BCUT2D eigenvalue weighted by Crippen LogP contribution is 2.11. The van der Waals surface area contributed by atoms with Crippen LogP contribution in [0.1, 0.15) is 21.3 Å². The van der Waals surface area contributed by atoms with Crippen LogP contribution < -0.4 is 5.73 Å². The highest BCUT2D eigenvalue weighted by molar-refractivity contribution is 7.09. The Hall–Kier alpha value is -1.73. The lowest BCUT2D eigenvalue weighted by Crippen LogP contribution is -2.27. The van der Waals surface area contributed by atoms with Crippen molar-refractivity contribution >= 4 is 17.2 Å². The Morgan fingerprint density at radius 1 is 1.65 bits per heavy atom. The van der Waals surface area contributed by atoms with Gasteiger partial charge in [-0.05, 0) is 0 Å². The van der Waals surface area contributed by atoms with Gasteiger partial charge < -0.3 is 15.6 Å². The van der Waals surface area contributed by atoms with Gasteiger partial charge in [0.2, 0.25) is 0 Å². The Labute approximate surface area is 102 Å². The van der Waals surface area contributed by atoms with Crippen molar-refractivity contribution in [2.24, 2.45) is 5.73 Å². The van der Waals surface area contributed by atoms with Crippen LogP contribution in [0.25, 0.3) is 0 Å². The van der Waals surface area contributed by atoms with Crippen LogP contribution in [0.4, 0.5) is 0 Å². The summed E-state index contributed by atoms with van der Waals surface area (Å²) in [5.41, 5.74) is 5.89. The molecule has 2 heterocycles. The van der Waals surface area contributed by atoms with E-state index in [0.29, 0.717) is 18.8 Å². The van der Waals surface area contributed by atoms with E-state index >= 15 is 0 Å². The lowest BCUT2D eigenvalue weighted by Gasteiger charge is -2.13. The Morgan fingerprint density at radius 3 is 3.06 bits per heavy atom. The minimum atomic E-state index is -0.127. The molecular formula is C10H13N5OS. The summed E-state index contributed by atoms with van der Waals surface area (Å²) >= 11 is 1.40. The minimum absolute atomic E-state index is 0.127. The second-order valence-corrected chi connectivity index (χ2v) is 4.47. The standard InChI is InChI=1S/C10H13N5OS/c1-15(5-8-12-2-3-13-8)10(16)7-6-17-9(4-11)14-7/h2-3,6H,4-5,11H2,1H3,(H,12,13). The molecule has 0 aliphatic heterocycles. The molecule has 0 saturated carbocycles. The average Bonchev–Trinajstić information content (AvgIpc) is 2.98. The summed E-state index contributed by atoms with van der Waals surface area (Å²) < 4.78 is 0. The topological polar surface area (TPSA) is 87.9 Å². The maximum atomic E-state index is 12.0. The van der Waals surface area contributed by atoms with Gasteiger partial charge in [0.05, 0.1) is 6.54 Å². The number of H-pyrrole nitrogens is 1. The van der Waals surface area contributed by atoms with Crippen LogP contribution >= 0.6 is 11.3 Å². The smallest absolute Gasteiger partial charge is 0.273 e. The first-order valence-electron chi connectivity index (χ1n) is 5.09. The first kappa shape index (κ1) is 11.7. The molecule has 0 spiro atoms. The molecule has 2 aromatic heterocycles. The molecule has 2 aromatic rings. The van der Waals surface area contributed by atoms with Gasteiger partial charge in [-0.3, -0.25) is 4.79 Å². The molecule has 7 heteroatoms. The van der Waals surface area contributed by atoms with Crippen molar-refractivity contribution in [3.8, 4) is 0 Å². The number of carbonyl (C=O) groups is 1. The zero-order valence-electron chi connectivity index (χ0n) is 9.38. The highest BCUT2D eigenvalue weighted by Gasteiger charge is 2.15. The third-order valence-electron chi connectivity index (χ3n) is 2.23. The predicted molar refractivity (Wildman–Crippen MR) is 64.4 cm³/mol. The van der Waals surface area contributed by atoms with Crippen molar-refractivity contribution in [3.05, 3.63) is 34.3 Å². The minimum Gasteiger partial charge on any atom is -0.347 e. The van der Waals surface area contributed by atoms with E-state index < -0.39 is 0 Å². The molecule has 90 valence electrons. The van der Waals surface area contributed by atoms with Crippen molar-refractivity contribution in [1.82, 2.24) is 19.9 Å². The summed E-state index contributed by atoms with van der Waals surface area (Å²) in [5, 5.41) is 2.49. The Balaban J connectivity index is 2.04. The second kappa shape index (κ2) is 5.07. The lowest BCUT2D eigenvalue weighted by molar-refractivity contribution is 0.0776. The lowest BCUT2D eigenvalue weighted by atomic mass is 10.4. The third-order valence-corrected chi connectivity index (χ3v) is 3.11. The Kier molecular flexibility index (Phi) is 3.50. The van der Waals surface area contributed by atoms with Crippen LogP contribution in [-0.4, -0.2) is 32.8 Å². The zero-order valence-corrected chi connectivity index (χ0v) is 10.2. The van der Waals surface area contributed by atoms with E-state index in [9.17, 15) is 4.79 Å². The first-order valence-corrected chi connectivity index (χ1v) is 5.97. The largest absolute Gasteiger partial charge is 0.347 e. The van der Waals surface area contributed by atoms with Crippen LogP contribution in [0.2, 0.25) is 0 Å². The van der Waals surface area contributed by atoms with Crippen molar-refractivity contribution in [2.75, 3.05) is 7.05 Å². The number of imidazole rings is 1. The fourth-order valence-electron chi connectivity index (χ4n) is 1.38. The molecule has 0 bridgehead atoms. The van der Waals surface area contributed by atoms with Gasteiger partial charge in [-0.1, -0.05) is 0 Å². The number of nitrogens with zero attached hydrogens (tertiary/aromatic N) is 3. The molecule has 6 nitrogen and oxygen atoms in total. The van der Waals surface area contributed by atoms with Gasteiger partial charge in [0.25, 0.3) is 5.91 Å². The molecule has 0 atom stereocenters. The molecule has 0 unspecified atom stereocenters. The van der Waals surface area contributed by atoms with E-state index in [0.717, 1.165) is 10.8 Å². The van der Waals surface area contributed by atoms with Gasteiger partial charge in [0.15, 0.2) is 0 Å². The van der Waals surface area contributed by atoms with E-state index in [1.807, 2.05) is 0 Å². The summed E-state index contributed by atoms with van der Waals surface area (Å²) in [7, 11) is 1.71. The maximum Gasteiger partial charge on any atom is 0.273 e. The summed E-state index contributed by atoms with van der Waals surface area (Å²) in [6.45, 7) is 0.793. The van der Waals surface area contributed by atoms with Crippen molar-refractivity contribution in [1.29, 1.82) is 0 Å². The number of amides is 1. The van der Waals surface area contributed by atoms with E-state index in [4.69, 9.17) is 5.73 Å². The number of nitrogens with two attached hydrogens (primary N) is 1. The first-order chi connectivity index (χ1) is 8.20. The molecule has 17 heavy (non-hydrogen) atoms. The van der Waals surface area contributed by atoms with Crippen molar-refractivity contribution in [2.45, 2.75) is 13.1 Å². The number of hydrogen-bond acceptors (Lipinski definition) is 5. The summed E-state index contributed by atoms with van der Waals surface area (Å²) in [6.07, 6.45) is 3.38. The molecule has 0 fully saturated rings. The summed E-state index contributed by atoms with van der Waals surface area (Å²) in [4.78, 5) is 24.7. The molecule has 0 saturated heterocycles. The molecule has 0 aromatic carbocycles. The number of aromatic nitrogens is 3. The molecule has 2 rings (SSSR count). The van der Waals surface area contributed by atoms with Gasteiger partial charge >= 0.3 is 0 Å². The molecule has 0 aliphatic carbocycles. The average molecular weight is 251 g/mol. The zero-order chi connectivity index (χ0) is 12.3. The highest BCUT2D eigenvalue weighted by atomic mass is 32.1. The molecular weight excluding hydrogens is 238 g/mol. The van der Waals surface area contributed by atoms with E-state index in [1.165, 1.54) is 11.3 Å². The van der Waals surface area contributed by atoms with Gasteiger partial charge in [-0.15, -0.1) is 11.3 Å². The molecule has 0 radical (unpaired) electrons. The molecule has 3 N–H and O–H groups in total. The van der Waals surface area contributed by atoms with Crippen LogP contribution in [0.3, 0.4) is 0 Å². The van der Waals surface area contributed by atoms with Crippen molar-refractivity contribution < 1.29 is 4.79 Å². The number of nitrogens with one attached hydrogen (secondary N) is 1. The van der Waals surface area contributed by atoms with Crippen LogP contribution in [-0.2, 0) is 13.1 Å². The summed E-state index contributed by atoms with van der Waals surface area (Å²) in [6, 6.07) is 0. The van der Waals surface area contributed by atoms with Gasteiger partial charge in [-0.2, -0.15) is 0 Å². The van der Waals surface area contributed by atoms with Crippen LogP contribution in [0.5, 0.6) is 0 Å². The van der Waals surface area contributed by atoms with Gasteiger partial charge in [-0.25, -0.2) is 9.97 Å². The Bertz CT molecular complexity index is 493. The number of aromatic amines is 1. The van der Waals surface area contributed by atoms with E-state index in [-0.39, 0.29) is 5.91 Å². The summed E-state index contributed by atoms with van der Waals surface area (Å²) in [5.74, 6) is 0.618. The molecule has 0 aliphatic rings. The van der Waals surface area contributed by atoms with Gasteiger partial charge in [0, 0.05) is 31.4 Å². The third kappa shape index (κ3) is 2.69. The normalized spacial score (nSPS) is 10.5. The molecule has 1 amide bonds. The fraction of sp³-hybridized carbons (Fsp3) is 0.300. The second-order valence-electron chi connectivity index (χ2n) is 3.53. The Morgan fingerprint density at radius 2 is 2.47 bits per heavy atom. The fourth-order valence-corrected chi connectivity index (χ4v) is 2.03. The van der Waals surface area contributed by atoms with Crippen molar-refractivity contribution in [3.63, 3.8) is 0 Å². The number of carbonyl (C=O) groups excluding carboxylic acids is 1. The van der Waals surface area contributed by atoms with E-state index in [1.54, 1.807) is 29.7 Å². The predicted octanol–water partition coefficient (Wildman–Crippen LogP) is 0.597. The quantitative estimate of drug-likeness (QED) is 0.832. The maximum absolute atomic E-state index is 12.0. The number of thiazole rings is 1. The number of rotatable bonds is 4. The van der Waals surface area contributed by atoms with Crippen LogP contribution in [0.15, 0.2) is 17.8 Å². The number of hydrogen-bond donors (Lipinski definition) is 2. The van der Waals surface area contributed by atoms with Gasteiger partial charge in [0.1, 0.15) is 16.5 Å². The monoisotopic (exact) mass is 251 g/mol.